The maximum absolute atomic E-state index is 13.5. The average Bonchev–Trinajstić information content (AvgIpc) is 2.38. The van der Waals surface area contributed by atoms with Crippen molar-refractivity contribution in [1.82, 2.24) is 0 Å². The Morgan fingerprint density at radius 3 is 2.30 bits per heavy atom. The van der Waals surface area contributed by atoms with Gasteiger partial charge in [-0.25, -0.2) is 8.78 Å². The molecule has 0 radical (unpaired) electrons. The molecule has 0 aliphatic carbocycles. The van der Waals surface area contributed by atoms with Crippen LogP contribution in [0.3, 0.4) is 0 Å². The molecular formula is C13H8ClF2NO2S. The second-order valence-corrected chi connectivity index (χ2v) is 5.73. The third-order valence-electron chi connectivity index (χ3n) is 2.38. The summed E-state index contributed by atoms with van der Waals surface area (Å²) in [6.45, 7) is 0. The van der Waals surface area contributed by atoms with Gasteiger partial charge in [0, 0.05) is 11.6 Å². The van der Waals surface area contributed by atoms with Crippen LogP contribution in [-0.2, 0) is 10.0 Å². The van der Waals surface area contributed by atoms with Gasteiger partial charge >= 0.3 is 0 Å². The molecule has 0 saturated heterocycles. The van der Waals surface area contributed by atoms with Crippen molar-refractivity contribution in [2.45, 2.75) is 4.90 Å². The minimum Gasteiger partial charge on any atom is -0.207 e. The molecule has 0 aromatic heterocycles. The van der Waals surface area contributed by atoms with Gasteiger partial charge in [-0.3, -0.25) is 0 Å². The van der Waals surface area contributed by atoms with Crippen LogP contribution in [0.4, 0.5) is 8.78 Å². The van der Waals surface area contributed by atoms with Crippen molar-refractivity contribution in [2.24, 2.45) is 4.40 Å². The molecule has 0 N–H and O–H groups in total. The first-order chi connectivity index (χ1) is 9.40. The van der Waals surface area contributed by atoms with Gasteiger partial charge in [0.2, 0.25) is 0 Å². The van der Waals surface area contributed by atoms with Crippen molar-refractivity contribution in [2.75, 3.05) is 0 Å². The van der Waals surface area contributed by atoms with E-state index in [1.54, 1.807) is 30.3 Å². The van der Waals surface area contributed by atoms with Crippen molar-refractivity contribution in [1.29, 1.82) is 0 Å². The van der Waals surface area contributed by atoms with Gasteiger partial charge in [-0.05, 0) is 12.1 Å². The standard InChI is InChI=1S/C13H8ClF2NO2S/c14-13(9-4-2-1-3-5-9)17-20(18,19)12-7-6-10(15)8-11(12)16/h1-8H/b17-13+. The van der Waals surface area contributed by atoms with Crippen LogP contribution in [0.25, 0.3) is 0 Å². The Kier molecular flexibility index (Phi) is 4.15. The largest absolute Gasteiger partial charge is 0.286 e. The quantitative estimate of drug-likeness (QED) is 0.816. The molecule has 0 atom stereocenters. The van der Waals surface area contributed by atoms with Crippen molar-refractivity contribution in [3.05, 3.63) is 65.7 Å². The number of hydrogen-bond acceptors (Lipinski definition) is 2. The van der Waals surface area contributed by atoms with Gasteiger partial charge in [0.1, 0.15) is 21.7 Å². The van der Waals surface area contributed by atoms with Crippen LogP contribution in [0.5, 0.6) is 0 Å². The highest BCUT2D eigenvalue weighted by Crippen LogP contribution is 2.19. The SMILES string of the molecule is O=S(=O)(/N=C(/Cl)c1ccccc1)c1ccc(F)cc1F. The number of sulfonamides is 1. The van der Waals surface area contributed by atoms with Gasteiger partial charge < -0.3 is 0 Å². The summed E-state index contributed by atoms with van der Waals surface area (Å²) in [4.78, 5) is -0.729. The minimum atomic E-state index is -4.34. The molecule has 2 aromatic carbocycles. The summed E-state index contributed by atoms with van der Waals surface area (Å²) < 4.78 is 53.4. The molecule has 7 heteroatoms. The normalized spacial score (nSPS) is 12.4. The van der Waals surface area contributed by atoms with Crippen LogP contribution >= 0.6 is 11.6 Å². The Morgan fingerprint density at radius 2 is 1.70 bits per heavy atom. The van der Waals surface area contributed by atoms with E-state index in [4.69, 9.17) is 11.6 Å². The zero-order valence-corrected chi connectivity index (χ0v) is 11.5. The van der Waals surface area contributed by atoms with Crippen molar-refractivity contribution >= 4 is 26.8 Å². The highest BCUT2D eigenvalue weighted by molar-refractivity contribution is 7.90. The van der Waals surface area contributed by atoms with Crippen LogP contribution in [-0.4, -0.2) is 13.6 Å². The average molecular weight is 316 g/mol. The summed E-state index contributed by atoms with van der Waals surface area (Å²) >= 11 is 5.80. The molecule has 0 spiro atoms. The fourth-order valence-corrected chi connectivity index (χ4v) is 2.83. The van der Waals surface area contributed by atoms with E-state index in [1.807, 2.05) is 0 Å². The zero-order valence-electron chi connectivity index (χ0n) is 9.92. The molecule has 2 rings (SSSR count). The van der Waals surface area contributed by atoms with E-state index in [2.05, 4.69) is 4.40 Å². The van der Waals surface area contributed by atoms with E-state index < -0.39 is 26.6 Å². The van der Waals surface area contributed by atoms with Crippen molar-refractivity contribution in [3.8, 4) is 0 Å². The summed E-state index contributed by atoms with van der Waals surface area (Å²) in [5, 5.41) is -0.297. The van der Waals surface area contributed by atoms with Crippen LogP contribution in [0, 0.1) is 11.6 Å². The van der Waals surface area contributed by atoms with Crippen molar-refractivity contribution < 1.29 is 17.2 Å². The van der Waals surface area contributed by atoms with Gasteiger partial charge in [-0.15, -0.1) is 4.40 Å². The molecule has 0 saturated carbocycles. The number of benzene rings is 2. The van der Waals surface area contributed by atoms with Gasteiger partial charge in [-0.1, -0.05) is 41.9 Å². The zero-order chi connectivity index (χ0) is 14.8. The van der Waals surface area contributed by atoms with Gasteiger partial charge in [0.05, 0.1) is 0 Å². The molecule has 0 aliphatic rings. The van der Waals surface area contributed by atoms with Gasteiger partial charge in [-0.2, -0.15) is 8.42 Å². The summed E-state index contributed by atoms with van der Waals surface area (Å²) in [5.41, 5.74) is 0.375. The predicted molar refractivity (Wildman–Crippen MR) is 72.4 cm³/mol. The smallest absolute Gasteiger partial charge is 0.207 e. The third kappa shape index (κ3) is 3.20. The van der Waals surface area contributed by atoms with E-state index in [0.29, 0.717) is 11.6 Å². The Balaban J connectivity index is 2.46. The summed E-state index contributed by atoms with van der Waals surface area (Å²) in [6, 6.07) is 10.3. The molecule has 0 fully saturated rings. The van der Waals surface area contributed by atoms with E-state index in [0.717, 1.165) is 12.1 Å². The molecular weight excluding hydrogens is 308 g/mol. The number of halogens is 3. The maximum atomic E-state index is 13.5. The lowest BCUT2D eigenvalue weighted by atomic mass is 10.2. The molecule has 20 heavy (non-hydrogen) atoms. The Morgan fingerprint density at radius 1 is 1.05 bits per heavy atom. The monoisotopic (exact) mass is 315 g/mol. The second kappa shape index (κ2) is 5.68. The molecule has 0 aliphatic heterocycles. The first-order valence-electron chi connectivity index (χ1n) is 5.41. The Bertz CT molecular complexity index is 761. The lowest BCUT2D eigenvalue weighted by Gasteiger charge is -2.02. The highest BCUT2D eigenvalue weighted by Gasteiger charge is 2.19. The Labute approximate surface area is 119 Å². The topological polar surface area (TPSA) is 46.5 Å². The first-order valence-corrected chi connectivity index (χ1v) is 7.23. The van der Waals surface area contributed by atoms with Crippen LogP contribution in [0.1, 0.15) is 5.56 Å². The molecule has 2 aromatic rings. The second-order valence-electron chi connectivity index (χ2n) is 3.80. The summed E-state index contributed by atoms with van der Waals surface area (Å²) in [5.74, 6) is -2.09. The van der Waals surface area contributed by atoms with E-state index in [1.165, 1.54) is 0 Å². The van der Waals surface area contributed by atoms with E-state index in [9.17, 15) is 17.2 Å². The number of rotatable bonds is 3. The fraction of sp³-hybridized carbons (Fsp3) is 0. The van der Waals surface area contributed by atoms with Crippen LogP contribution < -0.4 is 0 Å². The molecule has 3 nitrogen and oxygen atoms in total. The lowest BCUT2D eigenvalue weighted by molar-refractivity contribution is 0.550. The predicted octanol–water partition coefficient (Wildman–Crippen LogP) is 3.34. The minimum absolute atomic E-state index is 0.297. The van der Waals surface area contributed by atoms with Crippen molar-refractivity contribution in [3.63, 3.8) is 0 Å². The Hall–Kier alpha value is -1.79. The third-order valence-corrected chi connectivity index (χ3v) is 4.10. The lowest BCUT2D eigenvalue weighted by Crippen LogP contribution is -2.04. The number of nitrogens with zero attached hydrogens (tertiary/aromatic N) is 1. The maximum Gasteiger partial charge on any atom is 0.286 e. The van der Waals surface area contributed by atoms with Gasteiger partial charge in [0.15, 0.2) is 0 Å². The van der Waals surface area contributed by atoms with E-state index in [-0.39, 0.29) is 5.17 Å². The van der Waals surface area contributed by atoms with E-state index >= 15 is 0 Å². The molecule has 0 unspecified atom stereocenters. The molecule has 0 bridgehead atoms. The molecule has 0 heterocycles. The summed E-state index contributed by atoms with van der Waals surface area (Å²) in [7, 11) is -4.34. The first kappa shape index (κ1) is 14.6. The van der Waals surface area contributed by atoms with Gasteiger partial charge in [0.25, 0.3) is 10.0 Å². The number of hydrogen-bond donors (Lipinski definition) is 0. The summed E-state index contributed by atoms with van der Waals surface area (Å²) in [6.07, 6.45) is 0. The van der Waals surface area contributed by atoms with Crippen LogP contribution in [0.2, 0.25) is 0 Å². The van der Waals surface area contributed by atoms with Crippen LogP contribution in [0.15, 0.2) is 57.8 Å². The molecule has 0 amide bonds. The molecule has 104 valence electrons. The fourth-order valence-electron chi connectivity index (χ4n) is 1.47. The highest BCUT2D eigenvalue weighted by atomic mass is 35.5.